The van der Waals surface area contributed by atoms with Crippen LogP contribution in [0.1, 0.15) is 39.0 Å². The number of carbonyl (C=O) groups is 2. The topological polar surface area (TPSA) is 58.2 Å². The Morgan fingerprint density at radius 2 is 1.88 bits per heavy atom. The van der Waals surface area contributed by atoms with Gasteiger partial charge in [-0.05, 0) is 19.8 Å². The van der Waals surface area contributed by atoms with E-state index >= 15 is 0 Å². The van der Waals surface area contributed by atoms with Crippen molar-refractivity contribution < 1.29 is 9.59 Å². The predicted molar refractivity (Wildman–Crippen MR) is 66.5 cm³/mol. The average molecular weight is 244 g/mol. The van der Waals surface area contributed by atoms with E-state index in [1.165, 1.54) is 39.2 Å². The van der Waals surface area contributed by atoms with Gasteiger partial charge in [-0.3, -0.25) is 10.1 Å². The number of hydrogen-bond acceptors (Lipinski definition) is 3. The van der Waals surface area contributed by atoms with Crippen molar-refractivity contribution in [2.45, 2.75) is 49.5 Å². The van der Waals surface area contributed by atoms with Crippen molar-refractivity contribution in [1.29, 1.82) is 0 Å². The number of hydrogen-bond donors (Lipinski definition) is 2. The fraction of sp³-hybridized carbons (Fsp3) is 0.818. The van der Waals surface area contributed by atoms with Gasteiger partial charge in [-0.25, -0.2) is 4.79 Å². The summed E-state index contributed by atoms with van der Waals surface area (Å²) in [7, 11) is 1.50. The van der Waals surface area contributed by atoms with Crippen LogP contribution in [0.3, 0.4) is 0 Å². The zero-order valence-corrected chi connectivity index (χ0v) is 10.7. The monoisotopic (exact) mass is 244 g/mol. The highest BCUT2D eigenvalue weighted by Gasteiger charge is 2.22. The van der Waals surface area contributed by atoms with Gasteiger partial charge in [-0.1, -0.05) is 19.3 Å². The molecule has 4 nitrogen and oxygen atoms in total. The molecular weight excluding hydrogens is 224 g/mol. The van der Waals surface area contributed by atoms with Gasteiger partial charge in [0.15, 0.2) is 0 Å². The van der Waals surface area contributed by atoms with E-state index in [2.05, 4.69) is 10.6 Å². The minimum atomic E-state index is -0.430. The Hall–Kier alpha value is -0.710. The smallest absolute Gasteiger partial charge is 0.321 e. The summed E-state index contributed by atoms with van der Waals surface area (Å²) in [5.74, 6) is -0.199. The Morgan fingerprint density at radius 1 is 1.25 bits per heavy atom. The Morgan fingerprint density at radius 3 is 2.44 bits per heavy atom. The van der Waals surface area contributed by atoms with Crippen molar-refractivity contribution in [2.75, 3.05) is 7.05 Å². The Kier molecular flexibility index (Phi) is 5.66. The highest BCUT2D eigenvalue weighted by Crippen LogP contribution is 2.30. The van der Waals surface area contributed by atoms with E-state index in [4.69, 9.17) is 0 Å². The van der Waals surface area contributed by atoms with Crippen LogP contribution >= 0.6 is 11.8 Å². The number of imide groups is 1. The summed E-state index contributed by atoms with van der Waals surface area (Å²) in [5.41, 5.74) is 0. The minimum absolute atomic E-state index is 0.152. The molecule has 1 rings (SSSR count). The number of carbonyl (C=O) groups excluding carboxylic acids is 2. The van der Waals surface area contributed by atoms with Crippen LogP contribution in [0, 0.1) is 0 Å². The molecule has 1 atom stereocenters. The predicted octanol–water partition coefficient (Wildman–Crippen LogP) is 1.90. The van der Waals surface area contributed by atoms with E-state index in [1.807, 2.05) is 6.92 Å². The molecule has 0 aromatic heterocycles. The fourth-order valence-electron chi connectivity index (χ4n) is 1.83. The SMILES string of the molecule is CNC(=O)NC(=O)C(C)SC1CCCCC1. The van der Waals surface area contributed by atoms with Crippen molar-refractivity contribution in [2.24, 2.45) is 0 Å². The molecule has 0 spiro atoms. The summed E-state index contributed by atoms with van der Waals surface area (Å²) in [4.78, 5) is 22.6. The van der Waals surface area contributed by atoms with Gasteiger partial charge in [0.2, 0.25) is 5.91 Å². The quantitative estimate of drug-likeness (QED) is 0.797. The van der Waals surface area contributed by atoms with Gasteiger partial charge in [0.1, 0.15) is 0 Å². The lowest BCUT2D eigenvalue weighted by molar-refractivity contribution is -0.119. The molecule has 3 amide bonds. The van der Waals surface area contributed by atoms with E-state index in [0.717, 1.165) is 0 Å². The van der Waals surface area contributed by atoms with Crippen LogP contribution in [0.25, 0.3) is 0 Å². The number of rotatable bonds is 3. The normalized spacial score (nSPS) is 18.9. The fourth-order valence-corrected chi connectivity index (χ4v) is 3.19. The molecule has 0 radical (unpaired) electrons. The standard InChI is InChI=1S/C11H20N2O2S/c1-8(10(14)13-11(15)12-2)16-9-6-4-3-5-7-9/h8-9H,3-7H2,1-2H3,(H2,12,13,14,15). The third-order valence-corrected chi connectivity index (χ3v) is 4.26. The first-order chi connectivity index (χ1) is 7.63. The maximum absolute atomic E-state index is 11.6. The second-order valence-electron chi connectivity index (χ2n) is 4.11. The Bertz CT molecular complexity index is 252. The van der Waals surface area contributed by atoms with Crippen LogP contribution in [-0.2, 0) is 4.79 Å². The van der Waals surface area contributed by atoms with Crippen LogP contribution in [0.4, 0.5) is 4.79 Å². The average Bonchev–Trinajstić information content (AvgIpc) is 2.30. The summed E-state index contributed by atoms with van der Waals surface area (Å²) < 4.78 is 0. The lowest BCUT2D eigenvalue weighted by atomic mass is 10.0. The summed E-state index contributed by atoms with van der Waals surface area (Å²) in [6.45, 7) is 1.86. The molecule has 0 aliphatic heterocycles. The molecule has 16 heavy (non-hydrogen) atoms. The number of thioether (sulfide) groups is 1. The molecule has 1 aliphatic rings. The first-order valence-electron chi connectivity index (χ1n) is 5.81. The highest BCUT2D eigenvalue weighted by atomic mass is 32.2. The molecule has 0 aromatic rings. The van der Waals surface area contributed by atoms with Gasteiger partial charge in [0, 0.05) is 12.3 Å². The van der Waals surface area contributed by atoms with Crippen molar-refractivity contribution in [1.82, 2.24) is 10.6 Å². The van der Waals surface area contributed by atoms with Crippen molar-refractivity contribution in [3.8, 4) is 0 Å². The van der Waals surface area contributed by atoms with Gasteiger partial charge in [-0.15, -0.1) is 11.8 Å². The molecule has 1 saturated carbocycles. The van der Waals surface area contributed by atoms with E-state index in [0.29, 0.717) is 5.25 Å². The molecular formula is C11H20N2O2S. The first-order valence-corrected chi connectivity index (χ1v) is 6.75. The Labute approximate surface area is 101 Å². The molecule has 1 fully saturated rings. The summed E-state index contributed by atoms with van der Waals surface area (Å²) in [6, 6.07) is -0.430. The summed E-state index contributed by atoms with van der Waals surface area (Å²) >= 11 is 1.69. The number of urea groups is 1. The summed E-state index contributed by atoms with van der Waals surface area (Å²) in [5, 5.41) is 5.11. The molecule has 0 heterocycles. The van der Waals surface area contributed by atoms with Crippen LogP contribution in [-0.4, -0.2) is 29.5 Å². The number of amides is 3. The second-order valence-corrected chi connectivity index (χ2v) is 5.75. The zero-order chi connectivity index (χ0) is 12.0. The molecule has 0 saturated heterocycles. The highest BCUT2D eigenvalue weighted by molar-refractivity contribution is 8.01. The third kappa shape index (κ3) is 4.43. The van der Waals surface area contributed by atoms with Crippen molar-refractivity contribution in [3.05, 3.63) is 0 Å². The molecule has 1 aliphatic carbocycles. The van der Waals surface area contributed by atoms with Crippen molar-refractivity contribution >= 4 is 23.7 Å². The first kappa shape index (κ1) is 13.4. The van der Waals surface area contributed by atoms with Crippen LogP contribution < -0.4 is 10.6 Å². The van der Waals surface area contributed by atoms with Crippen LogP contribution in [0.2, 0.25) is 0 Å². The zero-order valence-electron chi connectivity index (χ0n) is 9.91. The Balaban J connectivity index is 2.29. The molecule has 2 N–H and O–H groups in total. The lowest BCUT2D eigenvalue weighted by Crippen LogP contribution is -2.41. The van der Waals surface area contributed by atoms with Crippen LogP contribution in [0.5, 0.6) is 0 Å². The van der Waals surface area contributed by atoms with Gasteiger partial charge in [-0.2, -0.15) is 0 Å². The van der Waals surface area contributed by atoms with Crippen molar-refractivity contribution in [3.63, 3.8) is 0 Å². The maximum Gasteiger partial charge on any atom is 0.321 e. The van der Waals surface area contributed by atoms with E-state index in [-0.39, 0.29) is 11.2 Å². The molecule has 1 unspecified atom stereocenters. The van der Waals surface area contributed by atoms with E-state index < -0.39 is 6.03 Å². The van der Waals surface area contributed by atoms with Crippen LogP contribution in [0.15, 0.2) is 0 Å². The maximum atomic E-state index is 11.6. The van der Waals surface area contributed by atoms with Gasteiger partial charge in [0.25, 0.3) is 0 Å². The molecule has 5 heteroatoms. The number of nitrogens with one attached hydrogen (secondary N) is 2. The molecule has 92 valence electrons. The second kappa shape index (κ2) is 6.78. The third-order valence-electron chi connectivity index (χ3n) is 2.78. The van der Waals surface area contributed by atoms with Gasteiger partial charge in [0.05, 0.1) is 5.25 Å². The van der Waals surface area contributed by atoms with Gasteiger partial charge < -0.3 is 5.32 Å². The van der Waals surface area contributed by atoms with E-state index in [1.54, 1.807) is 11.8 Å². The summed E-state index contributed by atoms with van der Waals surface area (Å²) in [6.07, 6.45) is 6.24. The van der Waals surface area contributed by atoms with Gasteiger partial charge >= 0.3 is 6.03 Å². The minimum Gasteiger partial charge on any atom is -0.341 e. The van der Waals surface area contributed by atoms with E-state index in [9.17, 15) is 9.59 Å². The molecule has 0 aromatic carbocycles. The largest absolute Gasteiger partial charge is 0.341 e. The lowest BCUT2D eigenvalue weighted by Gasteiger charge is -2.23. The molecule has 0 bridgehead atoms.